The highest BCUT2D eigenvalue weighted by Gasteiger charge is 2.12. The monoisotopic (exact) mass is 384 g/mol. The number of aryl methyl sites for hydroxylation is 1. The van der Waals surface area contributed by atoms with Crippen molar-refractivity contribution in [1.82, 2.24) is 9.97 Å². The first kappa shape index (κ1) is 18.2. The van der Waals surface area contributed by atoms with E-state index in [1.165, 1.54) is 23.1 Å². The van der Waals surface area contributed by atoms with Crippen molar-refractivity contribution >= 4 is 45.0 Å². The van der Waals surface area contributed by atoms with Gasteiger partial charge in [-0.3, -0.25) is 4.79 Å². The molecule has 0 saturated heterocycles. The van der Waals surface area contributed by atoms with Gasteiger partial charge in [0.15, 0.2) is 5.13 Å². The second-order valence-electron chi connectivity index (χ2n) is 5.37. The smallest absolute Gasteiger partial charge is 0.236 e. The normalized spacial score (nSPS) is 10.5. The largest absolute Gasteiger partial charge is 0.494 e. The molecule has 1 aromatic carbocycles. The van der Waals surface area contributed by atoms with E-state index in [1.54, 1.807) is 6.07 Å². The first-order chi connectivity index (χ1) is 12.6. The molecule has 6 nitrogen and oxygen atoms in total. The SMILES string of the molecule is CCOc1ccc2nc(SCC(=O)Nc3nc(C)cs3)c(C#N)cc2c1. The average Bonchev–Trinajstić information content (AvgIpc) is 3.04. The van der Waals surface area contributed by atoms with Gasteiger partial charge in [-0.15, -0.1) is 11.3 Å². The predicted molar refractivity (Wildman–Crippen MR) is 104 cm³/mol. The lowest BCUT2D eigenvalue weighted by Gasteiger charge is -2.08. The van der Waals surface area contributed by atoms with Crippen LogP contribution in [0.15, 0.2) is 34.7 Å². The van der Waals surface area contributed by atoms with E-state index in [0.717, 1.165) is 22.3 Å². The Balaban J connectivity index is 1.75. The number of nitriles is 1. The number of amides is 1. The van der Waals surface area contributed by atoms with E-state index in [4.69, 9.17) is 4.74 Å². The van der Waals surface area contributed by atoms with Crippen LogP contribution in [0.25, 0.3) is 10.9 Å². The number of pyridine rings is 1. The first-order valence-corrected chi connectivity index (χ1v) is 9.78. The second kappa shape index (κ2) is 8.17. The van der Waals surface area contributed by atoms with E-state index in [9.17, 15) is 10.1 Å². The van der Waals surface area contributed by atoms with Crippen molar-refractivity contribution in [3.63, 3.8) is 0 Å². The molecule has 0 atom stereocenters. The lowest BCUT2D eigenvalue weighted by atomic mass is 10.1. The Morgan fingerprint density at radius 2 is 2.23 bits per heavy atom. The van der Waals surface area contributed by atoms with Crippen molar-refractivity contribution in [2.75, 3.05) is 17.7 Å². The third kappa shape index (κ3) is 4.31. The van der Waals surface area contributed by atoms with Gasteiger partial charge in [-0.2, -0.15) is 5.26 Å². The number of nitrogens with zero attached hydrogens (tertiary/aromatic N) is 3. The standard InChI is InChI=1S/C18H16N4O2S2/c1-3-24-14-4-5-15-12(7-14)6-13(8-19)17(21-15)25-10-16(23)22-18-20-11(2)9-26-18/h4-7,9H,3,10H2,1-2H3,(H,20,22,23). The number of ether oxygens (including phenoxy) is 1. The van der Waals surface area contributed by atoms with E-state index >= 15 is 0 Å². The van der Waals surface area contributed by atoms with Gasteiger partial charge in [-0.1, -0.05) is 11.8 Å². The maximum atomic E-state index is 12.1. The maximum Gasteiger partial charge on any atom is 0.236 e. The van der Waals surface area contributed by atoms with Gasteiger partial charge >= 0.3 is 0 Å². The van der Waals surface area contributed by atoms with Crippen molar-refractivity contribution in [3.05, 3.63) is 40.9 Å². The van der Waals surface area contributed by atoms with Gasteiger partial charge in [0.25, 0.3) is 0 Å². The molecule has 0 saturated carbocycles. The fraction of sp³-hybridized carbons (Fsp3) is 0.222. The van der Waals surface area contributed by atoms with Crippen molar-refractivity contribution in [3.8, 4) is 11.8 Å². The molecule has 0 radical (unpaired) electrons. The predicted octanol–water partition coefficient (Wildman–Crippen LogP) is 4.00. The van der Waals surface area contributed by atoms with E-state index < -0.39 is 0 Å². The summed E-state index contributed by atoms with van der Waals surface area (Å²) in [5, 5.41) is 16.0. The van der Waals surface area contributed by atoms with Gasteiger partial charge in [0.05, 0.1) is 29.1 Å². The third-order valence-corrected chi connectivity index (χ3v) is 5.25. The fourth-order valence-electron chi connectivity index (χ4n) is 2.28. The molecule has 0 fully saturated rings. The Kier molecular flexibility index (Phi) is 5.71. The maximum absolute atomic E-state index is 12.1. The number of thioether (sulfide) groups is 1. The highest BCUT2D eigenvalue weighted by atomic mass is 32.2. The quantitative estimate of drug-likeness (QED) is 0.646. The molecule has 8 heteroatoms. The van der Waals surface area contributed by atoms with Crippen LogP contribution in [0.4, 0.5) is 5.13 Å². The van der Waals surface area contributed by atoms with Crippen LogP contribution in [0.5, 0.6) is 5.75 Å². The highest BCUT2D eigenvalue weighted by molar-refractivity contribution is 8.00. The van der Waals surface area contributed by atoms with Gasteiger partial charge in [-0.05, 0) is 38.1 Å². The lowest BCUT2D eigenvalue weighted by molar-refractivity contribution is -0.113. The Bertz CT molecular complexity index is 995. The molecule has 0 aliphatic rings. The van der Waals surface area contributed by atoms with Crippen LogP contribution in [-0.4, -0.2) is 28.2 Å². The van der Waals surface area contributed by atoms with E-state index in [0.29, 0.717) is 22.3 Å². The molecule has 0 bridgehead atoms. The summed E-state index contributed by atoms with van der Waals surface area (Å²) in [4.78, 5) is 20.8. The summed E-state index contributed by atoms with van der Waals surface area (Å²) in [7, 11) is 0. The van der Waals surface area contributed by atoms with Gasteiger partial charge in [0.1, 0.15) is 16.8 Å². The number of benzene rings is 1. The minimum Gasteiger partial charge on any atom is -0.494 e. The molecule has 3 rings (SSSR count). The van der Waals surface area contributed by atoms with Crippen LogP contribution < -0.4 is 10.1 Å². The van der Waals surface area contributed by atoms with E-state index in [2.05, 4.69) is 21.4 Å². The van der Waals surface area contributed by atoms with Gasteiger partial charge in [0, 0.05) is 10.8 Å². The van der Waals surface area contributed by atoms with Crippen molar-refractivity contribution < 1.29 is 9.53 Å². The minimum absolute atomic E-state index is 0.156. The number of carbonyl (C=O) groups excluding carboxylic acids is 1. The summed E-state index contributed by atoms with van der Waals surface area (Å²) >= 11 is 2.62. The summed E-state index contributed by atoms with van der Waals surface area (Å²) < 4.78 is 5.48. The number of fused-ring (bicyclic) bond motifs is 1. The molecule has 0 aliphatic heterocycles. The zero-order valence-corrected chi connectivity index (χ0v) is 15.9. The number of aromatic nitrogens is 2. The molecule has 0 unspecified atom stereocenters. The third-order valence-electron chi connectivity index (χ3n) is 3.39. The number of thiazole rings is 1. The molecule has 26 heavy (non-hydrogen) atoms. The zero-order valence-electron chi connectivity index (χ0n) is 14.3. The van der Waals surface area contributed by atoms with Crippen LogP contribution >= 0.6 is 23.1 Å². The number of hydrogen-bond donors (Lipinski definition) is 1. The Labute approximate surface area is 159 Å². The Hall–Kier alpha value is -2.63. The first-order valence-electron chi connectivity index (χ1n) is 7.91. The summed E-state index contributed by atoms with van der Waals surface area (Å²) in [6, 6.07) is 9.48. The summed E-state index contributed by atoms with van der Waals surface area (Å²) in [6.07, 6.45) is 0. The molecule has 132 valence electrons. The summed E-state index contributed by atoms with van der Waals surface area (Å²) in [6.45, 7) is 4.36. The van der Waals surface area contributed by atoms with Gasteiger partial charge in [-0.25, -0.2) is 9.97 Å². The van der Waals surface area contributed by atoms with E-state index in [-0.39, 0.29) is 11.7 Å². The molecule has 2 aromatic heterocycles. The number of carbonyl (C=O) groups is 1. The molecule has 1 amide bonds. The fourth-order valence-corrected chi connectivity index (χ4v) is 3.75. The molecular formula is C18H16N4O2S2. The summed E-state index contributed by atoms with van der Waals surface area (Å²) in [5.41, 5.74) is 2.06. The Morgan fingerprint density at radius 3 is 2.92 bits per heavy atom. The minimum atomic E-state index is -0.179. The molecule has 2 heterocycles. The number of rotatable bonds is 6. The Morgan fingerprint density at radius 1 is 1.38 bits per heavy atom. The van der Waals surface area contributed by atoms with E-state index in [1.807, 2.05) is 37.4 Å². The summed E-state index contributed by atoms with van der Waals surface area (Å²) in [5.74, 6) is 0.717. The number of nitrogens with one attached hydrogen (secondary N) is 1. The van der Waals surface area contributed by atoms with Crippen LogP contribution in [0.3, 0.4) is 0 Å². The zero-order chi connectivity index (χ0) is 18.5. The second-order valence-corrected chi connectivity index (χ2v) is 7.19. The highest BCUT2D eigenvalue weighted by Crippen LogP contribution is 2.27. The van der Waals surface area contributed by atoms with Gasteiger partial charge < -0.3 is 10.1 Å². The van der Waals surface area contributed by atoms with Crippen molar-refractivity contribution in [2.24, 2.45) is 0 Å². The lowest BCUT2D eigenvalue weighted by Crippen LogP contribution is -2.14. The molecule has 0 aliphatic carbocycles. The number of anilines is 1. The molecule has 0 spiro atoms. The van der Waals surface area contributed by atoms with Crippen molar-refractivity contribution in [2.45, 2.75) is 18.9 Å². The van der Waals surface area contributed by atoms with Gasteiger partial charge in [0.2, 0.25) is 5.91 Å². The molecule has 1 N–H and O–H groups in total. The topological polar surface area (TPSA) is 87.9 Å². The molecular weight excluding hydrogens is 368 g/mol. The number of hydrogen-bond acceptors (Lipinski definition) is 7. The average molecular weight is 384 g/mol. The van der Waals surface area contributed by atoms with Crippen molar-refractivity contribution in [1.29, 1.82) is 5.26 Å². The van der Waals surface area contributed by atoms with Crippen LogP contribution in [0.2, 0.25) is 0 Å². The van der Waals surface area contributed by atoms with Crippen LogP contribution in [0.1, 0.15) is 18.2 Å². The molecule has 3 aromatic rings. The van der Waals surface area contributed by atoms with Crippen LogP contribution in [0, 0.1) is 18.3 Å². The van der Waals surface area contributed by atoms with Crippen LogP contribution in [-0.2, 0) is 4.79 Å².